The molecule has 0 radical (unpaired) electrons. The van der Waals surface area contributed by atoms with Gasteiger partial charge in [0, 0.05) is 12.0 Å². The van der Waals surface area contributed by atoms with Crippen molar-refractivity contribution in [3.8, 4) is 0 Å². The van der Waals surface area contributed by atoms with E-state index in [4.69, 9.17) is 4.74 Å². The van der Waals surface area contributed by atoms with Gasteiger partial charge in [-0.25, -0.2) is 0 Å². The van der Waals surface area contributed by atoms with Crippen LogP contribution in [0.15, 0.2) is 30.3 Å². The maximum atomic E-state index is 12.9. The summed E-state index contributed by atoms with van der Waals surface area (Å²) < 4.78 is 5.28. The molecule has 4 fully saturated rings. The van der Waals surface area contributed by atoms with Crippen LogP contribution in [0, 0.1) is 23.2 Å². The number of carbonyl (C=O) groups is 3. The molecule has 4 bridgehead atoms. The van der Waals surface area contributed by atoms with Gasteiger partial charge in [0.05, 0.1) is 12.5 Å². The van der Waals surface area contributed by atoms with Crippen LogP contribution in [0.25, 0.3) is 0 Å². The lowest BCUT2D eigenvalue weighted by molar-refractivity contribution is -0.155. The van der Waals surface area contributed by atoms with Crippen LogP contribution in [0.4, 0.5) is 0 Å². The Morgan fingerprint density at radius 2 is 1.58 bits per heavy atom. The first-order valence-corrected chi connectivity index (χ1v) is 11.7. The van der Waals surface area contributed by atoms with E-state index in [1.165, 1.54) is 19.3 Å². The van der Waals surface area contributed by atoms with Crippen molar-refractivity contribution < 1.29 is 19.1 Å². The van der Waals surface area contributed by atoms with Crippen molar-refractivity contribution in [1.29, 1.82) is 0 Å². The molecular weight excluding hydrogens is 392 g/mol. The van der Waals surface area contributed by atoms with Gasteiger partial charge in [0.15, 0.2) is 6.10 Å². The van der Waals surface area contributed by atoms with E-state index in [-0.39, 0.29) is 36.2 Å². The minimum Gasteiger partial charge on any atom is -0.452 e. The van der Waals surface area contributed by atoms with Crippen LogP contribution in [0.1, 0.15) is 70.4 Å². The van der Waals surface area contributed by atoms with E-state index in [0.717, 1.165) is 24.8 Å². The third-order valence-corrected chi connectivity index (χ3v) is 7.47. The van der Waals surface area contributed by atoms with Gasteiger partial charge in [-0.3, -0.25) is 14.4 Å². The van der Waals surface area contributed by atoms with Crippen molar-refractivity contribution in [3.05, 3.63) is 35.9 Å². The van der Waals surface area contributed by atoms with Crippen LogP contribution in [-0.4, -0.2) is 30.4 Å². The average molecular weight is 427 g/mol. The molecule has 168 valence electrons. The van der Waals surface area contributed by atoms with Crippen molar-refractivity contribution in [3.63, 3.8) is 0 Å². The Morgan fingerprint density at radius 3 is 2.16 bits per heavy atom. The second-order valence-corrected chi connectivity index (χ2v) is 9.98. The molecule has 2 unspecified atom stereocenters. The Labute approximate surface area is 184 Å². The quantitative estimate of drug-likeness (QED) is 0.623. The van der Waals surface area contributed by atoms with Gasteiger partial charge in [-0.05, 0) is 75.7 Å². The second-order valence-electron chi connectivity index (χ2n) is 9.98. The maximum absolute atomic E-state index is 12.9. The number of rotatable bonds is 8. The summed E-state index contributed by atoms with van der Waals surface area (Å²) in [4.78, 5) is 37.5. The lowest BCUT2D eigenvalue weighted by atomic mass is 9.49. The first-order chi connectivity index (χ1) is 14.8. The van der Waals surface area contributed by atoms with Gasteiger partial charge in [0.2, 0.25) is 5.91 Å². The highest BCUT2D eigenvalue weighted by Gasteiger charge is 2.54. The summed E-state index contributed by atoms with van der Waals surface area (Å²) in [5, 5.41) is 5.85. The summed E-state index contributed by atoms with van der Waals surface area (Å²) in [6.45, 7) is 3.72. The lowest BCUT2D eigenvalue weighted by Gasteiger charge is -2.55. The number of benzene rings is 1. The summed E-state index contributed by atoms with van der Waals surface area (Å²) >= 11 is 0. The highest BCUT2D eigenvalue weighted by atomic mass is 16.5. The molecule has 0 aromatic heterocycles. The van der Waals surface area contributed by atoms with Crippen molar-refractivity contribution in [2.75, 3.05) is 6.54 Å². The largest absolute Gasteiger partial charge is 0.452 e. The van der Waals surface area contributed by atoms with E-state index >= 15 is 0 Å². The number of ether oxygens (including phenoxy) is 1. The van der Waals surface area contributed by atoms with Gasteiger partial charge in [-0.15, -0.1) is 0 Å². The first kappa shape index (κ1) is 21.8. The fourth-order valence-corrected chi connectivity index (χ4v) is 6.32. The summed E-state index contributed by atoms with van der Waals surface area (Å²) in [7, 11) is 0. The van der Waals surface area contributed by atoms with Gasteiger partial charge in [-0.2, -0.15) is 0 Å². The normalized spacial score (nSPS) is 30.3. The molecule has 0 saturated heterocycles. The number of esters is 1. The van der Waals surface area contributed by atoms with Gasteiger partial charge in [0.25, 0.3) is 5.91 Å². The van der Waals surface area contributed by atoms with Crippen molar-refractivity contribution >= 4 is 17.8 Å². The highest BCUT2D eigenvalue weighted by Crippen LogP contribution is 2.60. The van der Waals surface area contributed by atoms with Crippen LogP contribution < -0.4 is 10.6 Å². The van der Waals surface area contributed by atoms with Crippen molar-refractivity contribution in [1.82, 2.24) is 10.6 Å². The fraction of sp³-hybridized carbons (Fsp3) is 0.640. The van der Waals surface area contributed by atoms with E-state index in [0.29, 0.717) is 17.8 Å². The average Bonchev–Trinajstić information content (AvgIpc) is 2.73. The molecule has 4 aliphatic carbocycles. The molecule has 0 aliphatic heterocycles. The molecule has 4 aliphatic rings. The first-order valence-electron chi connectivity index (χ1n) is 11.7. The summed E-state index contributed by atoms with van der Waals surface area (Å²) in [5.41, 5.74) is 0.779. The van der Waals surface area contributed by atoms with E-state index in [1.54, 1.807) is 6.92 Å². The zero-order chi connectivity index (χ0) is 22.0. The third kappa shape index (κ3) is 4.94. The fourth-order valence-electron chi connectivity index (χ4n) is 6.32. The SMILES string of the molecule is CC(OC(=O)CCNC(=O)C12CC3CC(CC(C3)C1)C2)C(=O)NC(C)c1ccccc1. The third-order valence-electron chi connectivity index (χ3n) is 7.47. The van der Waals surface area contributed by atoms with E-state index in [9.17, 15) is 14.4 Å². The molecule has 31 heavy (non-hydrogen) atoms. The molecule has 1 aromatic rings. The monoisotopic (exact) mass is 426 g/mol. The molecule has 4 saturated carbocycles. The summed E-state index contributed by atoms with van der Waals surface area (Å²) in [6, 6.07) is 9.46. The number of hydrogen-bond acceptors (Lipinski definition) is 4. The Kier molecular flexibility index (Phi) is 6.35. The van der Waals surface area contributed by atoms with Crippen LogP contribution in [0.5, 0.6) is 0 Å². The lowest BCUT2D eigenvalue weighted by Crippen LogP contribution is -2.53. The smallest absolute Gasteiger partial charge is 0.308 e. The summed E-state index contributed by atoms with van der Waals surface area (Å²) in [6.07, 6.45) is 6.09. The zero-order valence-corrected chi connectivity index (χ0v) is 18.6. The zero-order valence-electron chi connectivity index (χ0n) is 18.6. The van der Waals surface area contributed by atoms with Gasteiger partial charge in [0.1, 0.15) is 0 Å². The molecule has 6 nitrogen and oxygen atoms in total. The van der Waals surface area contributed by atoms with Gasteiger partial charge < -0.3 is 15.4 Å². The molecular formula is C25H34N2O4. The van der Waals surface area contributed by atoms with E-state index in [1.807, 2.05) is 37.3 Å². The predicted octanol–water partition coefficient (Wildman–Crippen LogP) is 3.52. The van der Waals surface area contributed by atoms with Crippen LogP contribution in [0.2, 0.25) is 0 Å². The topological polar surface area (TPSA) is 84.5 Å². The van der Waals surface area contributed by atoms with Crippen molar-refractivity contribution in [2.24, 2.45) is 23.2 Å². The number of amides is 2. The molecule has 1 aromatic carbocycles. The Bertz CT molecular complexity index is 787. The molecule has 2 amide bonds. The minimum absolute atomic E-state index is 0.0734. The maximum Gasteiger partial charge on any atom is 0.308 e. The summed E-state index contributed by atoms with van der Waals surface area (Å²) in [5.74, 6) is 1.43. The Balaban J connectivity index is 1.19. The highest BCUT2D eigenvalue weighted by molar-refractivity contribution is 5.85. The van der Waals surface area contributed by atoms with Crippen molar-refractivity contribution in [2.45, 2.75) is 70.9 Å². The molecule has 2 atom stereocenters. The van der Waals surface area contributed by atoms with Crippen LogP contribution >= 0.6 is 0 Å². The Morgan fingerprint density at radius 1 is 1.00 bits per heavy atom. The van der Waals surface area contributed by atoms with Gasteiger partial charge in [-0.1, -0.05) is 30.3 Å². The van der Waals surface area contributed by atoms with E-state index < -0.39 is 12.1 Å². The van der Waals surface area contributed by atoms with E-state index in [2.05, 4.69) is 10.6 Å². The standard InChI is InChI=1S/C25H34N2O4/c1-16(21-6-4-3-5-7-21)27-23(29)17(2)31-22(28)8-9-26-24(30)25-13-18-10-19(14-25)12-20(11-18)15-25/h3-7,16-20H,8-15H2,1-2H3,(H,26,30)(H,27,29). The molecule has 5 rings (SSSR count). The molecule has 0 heterocycles. The Hall–Kier alpha value is -2.37. The molecule has 2 N–H and O–H groups in total. The number of carbonyl (C=O) groups excluding carboxylic acids is 3. The van der Waals surface area contributed by atoms with Crippen LogP contribution in [-0.2, 0) is 19.1 Å². The molecule has 0 spiro atoms. The van der Waals surface area contributed by atoms with Crippen LogP contribution in [0.3, 0.4) is 0 Å². The number of nitrogens with one attached hydrogen (secondary N) is 2. The van der Waals surface area contributed by atoms with Gasteiger partial charge >= 0.3 is 5.97 Å². The minimum atomic E-state index is -0.877. The number of hydrogen-bond donors (Lipinski definition) is 2. The predicted molar refractivity (Wildman–Crippen MR) is 117 cm³/mol. The second kappa shape index (κ2) is 9.01. The molecule has 6 heteroatoms.